The van der Waals surface area contributed by atoms with Gasteiger partial charge in [0.2, 0.25) is 5.91 Å². The summed E-state index contributed by atoms with van der Waals surface area (Å²) in [5.74, 6) is 0.187. The molecule has 0 saturated heterocycles. The third kappa shape index (κ3) is 3.35. The van der Waals surface area contributed by atoms with Gasteiger partial charge in [0, 0.05) is 13.1 Å². The smallest absolute Gasteiger partial charge is 0.244 e. The van der Waals surface area contributed by atoms with Crippen molar-refractivity contribution >= 4 is 22.5 Å². The lowest BCUT2D eigenvalue weighted by Gasteiger charge is -2.05. The van der Waals surface area contributed by atoms with Crippen molar-refractivity contribution in [3.8, 4) is 0 Å². The predicted octanol–water partition coefficient (Wildman–Crippen LogP) is 3.43. The highest BCUT2D eigenvalue weighted by Crippen LogP contribution is 2.16. The largest absolute Gasteiger partial charge is 0.345 e. The first-order chi connectivity index (χ1) is 11.5. The molecule has 0 aliphatic rings. The van der Waals surface area contributed by atoms with Gasteiger partial charge >= 0.3 is 0 Å². The Hall–Kier alpha value is -2.95. The first kappa shape index (κ1) is 15.9. The highest BCUT2D eigenvalue weighted by atomic mass is 19.1. The summed E-state index contributed by atoms with van der Waals surface area (Å²) in [5.41, 5.74) is 3.31. The minimum Gasteiger partial charge on any atom is -0.345 e. The van der Waals surface area contributed by atoms with Crippen molar-refractivity contribution < 1.29 is 9.18 Å². The Balaban J connectivity index is 1.72. The summed E-state index contributed by atoms with van der Waals surface area (Å²) in [7, 11) is 1.81. The molecule has 1 N–H and O–H groups in total. The molecule has 1 aromatic heterocycles. The standard InChI is InChI=1S/C19H18FN3O/c1-13(14-6-4-3-5-7-14)10-19(24)21-12-18-22-16-9-8-15(20)11-17(16)23(18)2/h3-11H,12H2,1-2H3,(H,21,24). The van der Waals surface area contributed by atoms with E-state index in [1.807, 2.05) is 37.3 Å². The second-order valence-electron chi connectivity index (χ2n) is 5.63. The molecule has 0 aliphatic heterocycles. The summed E-state index contributed by atoms with van der Waals surface area (Å²) < 4.78 is 15.1. The zero-order valence-electron chi connectivity index (χ0n) is 13.6. The summed E-state index contributed by atoms with van der Waals surface area (Å²) in [6.07, 6.45) is 1.57. The number of fused-ring (bicyclic) bond motifs is 1. The average Bonchev–Trinajstić information content (AvgIpc) is 2.89. The maximum absolute atomic E-state index is 13.3. The van der Waals surface area contributed by atoms with Gasteiger partial charge in [-0.3, -0.25) is 4.79 Å². The third-order valence-electron chi connectivity index (χ3n) is 3.93. The Morgan fingerprint density at radius 2 is 2.00 bits per heavy atom. The fourth-order valence-electron chi connectivity index (χ4n) is 2.57. The second-order valence-corrected chi connectivity index (χ2v) is 5.63. The number of hydrogen-bond donors (Lipinski definition) is 1. The lowest BCUT2D eigenvalue weighted by Crippen LogP contribution is -2.22. The first-order valence-corrected chi connectivity index (χ1v) is 7.67. The van der Waals surface area contributed by atoms with Crippen molar-refractivity contribution in [1.82, 2.24) is 14.9 Å². The van der Waals surface area contributed by atoms with Crippen LogP contribution in [0.4, 0.5) is 4.39 Å². The van der Waals surface area contributed by atoms with Crippen molar-refractivity contribution in [3.63, 3.8) is 0 Å². The highest BCUT2D eigenvalue weighted by Gasteiger charge is 2.09. The molecule has 0 bridgehead atoms. The average molecular weight is 323 g/mol. The van der Waals surface area contributed by atoms with E-state index in [-0.39, 0.29) is 18.3 Å². The van der Waals surface area contributed by atoms with Crippen LogP contribution >= 0.6 is 0 Å². The number of carbonyl (C=O) groups excluding carboxylic acids is 1. The Morgan fingerprint density at radius 3 is 2.75 bits per heavy atom. The zero-order chi connectivity index (χ0) is 17.1. The van der Waals surface area contributed by atoms with Crippen LogP contribution in [0.1, 0.15) is 18.3 Å². The number of aromatic nitrogens is 2. The number of aryl methyl sites for hydroxylation is 1. The van der Waals surface area contributed by atoms with Crippen LogP contribution in [0, 0.1) is 5.82 Å². The molecule has 3 aromatic rings. The number of carbonyl (C=O) groups is 1. The van der Waals surface area contributed by atoms with Crippen LogP contribution in [0.15, 0.2) is 54.6 Å². The van der Waals surface area contributed by atoms with Crippen LogP contribution in [-0.2, 0) is 18.4 Å². The number of amides is 1. The van der Waals surface area contributed by atoms with Crippen molar-refractivity contribution in [3.05, 3.63) is 71.8 Å². The fourth-order valence-corrected chi connectivity index (χ4v) is 2.57. The first-order valence-electron chi connectivity index (χ1n) is 7.67. The number of rotatable bonds is 4. The van der Waals surface area contributed by atoms with E-state index < -0.39 is 0 Å². The number of imidazole rings is 1. The maximum Gasteiger partial charge on any atom is 0.244 e. The van der Waals surface area contributed by atoms with E-state index >= 15 is 0 Å². The quantitative estimate of drug-likeness (QED) is 0.748. The summed E-state index contributed by atoms with van der Waals surface area (Å²) in [6.45, 7) is 2.18. The van der Waals surface area contributed by atoms with E-state index in [1.54, 1.807) is 23.8 Å². The van der Waals surface area contributed by atoms with Crippen molar-refractivity contribution in [1.29, 1.82) is 0 Å². The summed E-state index contributed by atoms with van der Waals surface area (Å²) >= 11 is 0. The van der Waals surface area contributed by atoms with Crippen molar-refractivity contribution in [2.75, 3.05) is 0 Å². The van der Waals surface area contributed by atoms with Gasteiger partial charge in [0.05, 0.1) is 17.6 Å². The monoisotopic (exact) mass is 323 g/mol. The minimum atomic E-state index is -0.303. The molecular weight excluding hydrogens is 305 g/mol. The molecule has 0 saturated carbocycles. The van der Waals surface area contributed by atoms with Gasteiger partial charge in [-0.05, 0) is 36.3 Å². The molecule has 5 heteroatoms. The van der Waals surface area contributed by atoms with Crippen LogP contribution in [0.3, 0.4) is 0 Å². The van der Waals surface area contributed by atoms with Gasteiger partial charge in [-0.2, -0.15) is 0 Å². The van der Waals surface area contributed by atoms with Gasteiger partial charge in [-0.15, -0.1) is 0 Å². The number of benzene rings is 2. The molecular formula is C19H18FN3O. The molecule has 0 atom stereocenters. The van der Waals surface area contributed by atoms with E-state index in [4.69, 9.17) is 0 Å². The Kier molecular flexibility index (Phi) is 4.42. The lowest BCUT2D eigenvalue weighted by molar-refractivity contribution is -0.116. The van der Waals surface area contributed by atoms with Crippen molar-refractivity contribution in [2.24, 2.45) is 7.05 Å². The lowest BCUT2D eigenvalue weighted by atomic mass is 10.1. The molecule has 0 spiro atoms. The Morgan fingerprint density at radius 1 is 1.25 bits per heavy atom. The predicted molar refractivity (Wildman–Crippen MR) is 92.6 cm³/mol. The van der Waals surface area contributed by atoms with Crippen LogP contribution in [0.25, 0.3) is 16.6 Å². The molecule has 0 aliphatic carbocycles. The Labute approximate surface area is 139 Å². The van der Waals surface area contributed by atoms with Gasteiger partial charge < -0.3 is 9.88 Å². The number of nitrogens with one attached hydrogen (secondary N) is 1. The summed E-state index contributed by atoms with van der Waals surface area (Å²) in [5, 5.41) is 2.82. The second kappa shape index (κ2) is 6.66. The Bertz CT molecular complexity index is 913. The van der Waals surface area contributed by atoms with Crippen LogP contribution < -0.4 is 5.32 Å². The van der Waals surface area contributed by atoms with Gasteiger partial charge in [0.1, 0.15) is 11.6 Å². The van der Waals surface area contributed by atoms with E-state index in [2.05, 4.69) is 10.3 Å². The van der Waals surface area contributed by atoms with Gasteiger partial charge in [0.15, 0.2) is 0 Å². The van der Waals surface area contributed by atoms with Crippen LogP contribution in [0.5, 0.6) is 0 Å². The fraction of sp³-hybridized carbons (Fsp3) is 0.158. The van der Waals surface area contributed by atoms with Crippen LogP contribution in [0.2, 0.25) is 0 Å². The molecule has 0 fully saturated rings. The maximum atomic E-state index is 13.3. The molecule has 0 unspecified atom stereocenters. The minimum absolute atomic E-state index is 0.186. The third-order valence-corrected chi connectivity index (χ3v) is 3.93. The van der Waals surface area contributed by atoms with Gasteiger partial charge in [-0.25, -0.2) is 9.37 Å². The molecule has 24 heavy (non-hydrogen) atoms. The summed E-state index contributed by atoms with van der Waals surface area (Å²) in [6, 6.07) is 14.2. The van der Waals surface area contributed by atoms with E-state index in [1.165, 1.54) is 12.1 Å². The summed E-state index contributed by atoms with van der Waals surface area (Å²) in [4.78, 5) is 16.5. The normalized spacial score (nSPS) is 11.7. The molecule has 4 nitrogen and oxygen atoms in total. The number of allylic oxidation sites excluding steroid dienone is 1. The van der Waals surface area contributed by atoms with Gasteiger partial charge in [0.25, 0.3) is 0 Å². The number of hydrogen-bond acceptors (Lipinski definition) is 2. The molecule has 1 heterocycles. The van der Waals surface area contributed by atoms with E-state index in [0.29, 0.717) is 16.9 Å². The number of halogens is 1. The highest BCUT2D eigenvalue weighted by molar-refractivity contribution is 5.94. The zero-order valence-corrected chi connectivity index (χ0v) is 13.6. The van der Waals surface area contributed by atoms with Crippen LogP contribution in [-0.4, -0.2) is 15.5 Å². The SMILES string of the molecule is CC(=CC(=O)NCc1nc2ccc(F)cc2n1C)c1ccccc1. The molecule has 0 radical (unpaired) electrons. The van der Waals surface area contributed by atoms with Crippen molar-refractivity contribution in [2.45, 2.75) is 13.5 Å². The molecule has 1 amide bonds. The molecule has 2 aromatic carbocycles. The van der Waals surface area contributed by atoms with Gasteiger partial charge in [-0.1, -0.05) is 30.3 Å². The molecule has 3 rings (SSSR count). The van der Waals surface area contributed by atoms with E-state index in [0.717, 1.165) is 11.1 Å². The topological polar surface area (TPSA) is 46.9 Å². The van der Waals surface area contributed by atoms with E-state index in [9.17, 15) is 9.18 Å². The number of nitrogens with zero attached hydrogens (tertiary/aromatic N) is 2. The molecule has 122 valence electrons.